The van der Waals surface area contributed by atoms with Crippen molar-refractivity contribution in [3.05, 3.63) is 59.7 Å². The number of nitrogens with zero attached hydrogens (tertiary/aromatic N) is 5. The molecule has 0 unspecified atom stereocenters. The molecule has 5 nitrogen and oxygen atoms in total. The summed E-state index contributed by atoms with van der Waals surface area (Å²) in [6.45, 7) is 3.11. The van der Waals surface area contributed by atoms with Gasteiger partial charge in [-0.05, 0) is 88.8 Å². The van der Waals surface area contributed by atoms with Gasteiger partial charge in [0.25, 0.3) is 0 Å². The third-order valence-corrected chi connectivity index (χ3v) is 7.84. The van der Waals surface area contributed by atoms with Crippen LogP contribution in [0.15, 0.2) is 42.6 Å². The van der Waals surface area contributed by atoms with Crippen LogP contribution in [0.2, 0.25) is 0 Å². The Kier molecular flexibility index (Phi) is 6.86. The molecule has 0 radical (unpaired) electrons. The highest BCUT2D eigenvalue weighted by atomic mass is 19.4. The number of halogens is 3. The Morgan fingerprint density at radius 3 is 2.46 bits per heavy atom. The molecule has 3 aromatic rings. The molecule has 2 aliphatic heterocycles. The van der Waals surface area contributed by atoms with Gasteiger partial charge in [-0.25, -0.2) is 4.98 Å². The Bertz CT molecular complexity index is 1150. The average molecular weight is 486 g/mol. The van der Waals surface area contributed by atoms with Gasteiger partial charge in [-0.2, -0.15) is 13.2 Å². The van der Waals surface area contributed by atoms with Crippen LogP contribution < -0.4 is 0 Å². The largest absolute Gasteiger partial charge is 0.401 e. The number of para-hydroxylation sites is 2. The molecular formula is C27H34F3N5. The van der Waals surface area contributed by atoms with Crippen LogP contribution in [-0.2, 0) is 6.54 Å². The first kappa shape index (κ1) is 24.3. The summed E-state index contributed by atoms with van der Waals surface area (Å²) >= 11 is 0. The minimum atomic E-state index is -4.13. The van der Waals surface area contributed by atoms with Gasteiger partial charge >= 0.3 is 6.18 Å². The fourth-order valence-electron chi connectivity index (χ4n) is 6.00. The van der Waals surface area contributed by atoms with Crippen molar-refractivity contribution in [3.63, 3.8) is 0 Å². The van der Waals surface area contributed by atoms with Gasteiger partial charge in [0.1, 0.15) is 5.82 Å². The van der Waals surface area contributed by atoms with Crippen molar-refractivity contribution in [1.29, 1.82) is 0 Å². The number of aryl methyl sites for hydroxylation is 1. The second-order valence-electron chi connectivity index (χ2n) is 10.2. The first-order valence-corrected chi connectivity index (χ1v) is 12.7. The molecule has 0 amide bonds. The Balaban J connectivity index is 1.40. The quantitative estimate of drug-likeness (QED) is 0.450. The van der Waals surface area contributed by atoms with E-state index in [0.717, 1.165) is 61.2 Å². The van der Waals surface area contributed by atoms with E-state index in [-0.39, 0.29) is 12.1 Å². The number of pyridine rings is 1. The topological polar surface area (TPSA) is 37.2 Å². The van der Waals surface area contributed by atoms with E-state index in [1.807, 2.05) is 24.4 Å². The lowest BCUT2D eigenvalue weighted by Gasteiger charge is -2.40. The molecule has 1 aromatic carbocycles. The van der Waals surface area contributed by atoms with Crippen molar-refractivity contribution in [2.45, 2.75) is 63.8 Å². The molecule has 0 N–H and O–H groups in total. The Morgan fingerprint density at radius 1 is 0.971 bits per heavy atom. The number of benzene rings is 1. The van der Waals surface area contributed by atoms with Gasteiger partial charge in [0, 0.05) is 12.7 Å². The molecule has 0 spiro atoms. The Morgan fingerprint density at radius 2 is 1.71 bits per heavy atom. The minimum absolute atomic E-state index is 0.174. The fourth-order valence-corrected chi connectivity index (χ4v) is 6.00. The summed E-state index contributed by atoms with van der Waals surface area (Å²) in [5, 5.41) is 0. The first-order valence-electron chi connectivity index (χ1n) is 12.7. The van der Waals surface area contributed by atoms with E-state index in [2.05, 4.69) is 41.6 Å². The number of likely N-dealkylation sites (tertiary alicyclic amines) is 2. The van der Waals surface area contributed by atoms with Crippen LogP contribution in [0.4, 0.5) is 13.2 Å². The van der Waals surface area contributed by atoms with Crippen molar-refractivity contribution >= 4 is 11.0 Å². The predicted octanol–water partition coefficient (Wildman–Crippen LogP) is 5.91. The van der Waals surface area contributed by atoms with Crippen LogP contribution in [0, 0.1) is 12.8 Å². The molecule has 2 aromatic heterocycles. The van der Waals surface area contributed by atoms with Gasteiger partial charge in [-0.3, -0.25) is 14.8 Å². The second-order valence-corrected chi connectivity index (χ2v) is 10.2. The highest BCUT2D eigenvalue weighted by Gasteiger charge is 2.36. The summed E-state index contributed by atoms with van der Waals surface area (Å²) < 4.78 is 40.8. The maximum atomic E-state index is 12.8. The molecule has 4 heterocycles. The number of rotatable bonds is 5. The van der Waals surface area contributed by atoms with Crippen molar-refractivity contribution in [2.75, 3.05) is 26.7 Å². The molecule has 0 aliphatic carbocycles. The van der Waals surface area contributed by atoms with Crippen molar-refractivity contribution in [3.8, 4) is 0 Å². The van der Waals surface area contributed by atoms with E-state index in [0.29, 0.717) is 19.0 Å². The summed E-state index contributed by atoms with van der Waals surface area (Å²) in [5.41, 5.74) is 4.45. The number of hydrogen-bond donors (Lipinski definition) is 0. The summed E-state index contributed by atoms with van der Waals surface area (Å²) in [5.74, 6) is 1.42. The summed E-state index contributed by atoms with van der Waals surface area (Å²) in [6, 6.07) is 12.8. The molecule has 0 saturated carbocycles. The van der Waals surface area contributed by atoms with E-state index in [4.69, 9.17) is 9.97 Å². The zero-order valence-corrected chi connectivity index (χ0v) is 20.5. The summed E-state index contributed by atoms with van der Waals surface area (Å²) in [4.78, 5) is 13.8. The predicted molar refractivity (Wildman–Crippen MR) is 131 cm³/mol. The summed E-state index contributed by atoms with van der Waals surface area (Å²) in [7, 11) is 2.18. The maximum absolute atomic E-state index is 12.8. The van der Waals surface area contributed by atoms with Crippen LogP contribution in [0.5, 0.6) is 0 Å². The smallest absolute Gasteiger partial charge is 0.326 e. The van der Waals surface area contributed by atoms with Gasteiger partial charge in [0.2, 0.25) is 0 Å². The lowest BCUT2D eigenvalue weighted by molar-refractivity contribution is -0.148. The van der Waals surface area contributed by atoms with Gasteiger partial charge in [-0.1, -0.05) is 18.2 Å². The molecule has 2 saturated heterocycles. The van der Waals surface area contributed by atoms with Gasteiger partial charge in [0.05, 0.1) is 35.4 Å². The first-order chi connectivity index (χ1) is 16.8. The minimum Gasteiger partial charge on any atom is -0.326 e. The highest BCUT2D eigenvalue weighted by molar-refractivity contribution is 5.76. The van der Waals surface area contributed by atoms with E-state index >= 15 is 0 Å². The van der Waals surface area contributed by atoms with Crippen molar-refractivity contribution < 1.29 is 13.2 Å². The molecule has 2 atom stereocenters. The van der Waals surface area contributed by atoms with E-state index in [1.54, 1.807) is 0 Å². The zero-order valence-electron chi connectivity index (χ0n) is 20.5. The number of fused-ring (bicyclic) bond motifs is 1. The molecule has 2 aliphatic rings. The van der Waals surface area contributed by atoms with Crippen LogP contribution in [0.25, 0.3) is 11.0 Å². The number of alkyl halides is 3. The van der Waals surface area contributed by atoms with Gasteiger partial charge in [0.15, 0.2) is 0 Å². The lowest BCUT2D eigenvalue weighted by Crippen LogP contribution is -2.41. The number of imidazole rings is 1. The number of aromatic nitrogens is 3. The van der Waals surface area contributed by atoms with E-state index in [1.165, 1.54) is 10.5 Å². The summed E-state index contributed by atoms with van der Waals surface area (Å²) in [6.07, 6.45) is 2.51. The van der Waals surface area contributed by atoms with E-state index < -0.39 is 12.7 Å². The van der Waals surface area contributed by atoms with Crippen LogP contribution in [0.1, 0.15) is 61.3 Å². The Hall–Kier alpha value is -2.45. The molecule has 5 rings (SSSR count). The molecule has 188 valence electrons. The van der Waals surface area contributed by atoms with E-state index in [9.17, 15) is 13.2 Å². The Labute approximate surface area is 205 Å². The van der Waals surface area contributed by atoms with Crippen molar-refractivity contribution in [1.82, 2.24) is 24.3 Å². The molecular weight excluding hydrogens is 451 g/mol. The lowest BCUT2D eigenvalue weighted by atomic mass is 9.91. The highest BCUT2D eigenvalue weighted by Crippen LogP contribution is 2.41. The van der Waals surface area contributed by atoms with Crippen LogP contribution in [-0.4, -0.2) is 57.2 Å². The third-order valence-electron chi connectivity index (χ3n) is 7.84. The maximum Gasteiger partial charge on any atom is 0.401 e. The second kappa shape index (κ2) is 9.90. The molecule has 2 fully saturated rings. The SMILES string of the molecule is Cc1cccnc1[C@@H]1CCC[C@H](c2nc3ccccc3n2CC2CCN(CC(F)(F)F)CC2)N1C. The number of piperidine rings is 2. The number of hydrogen-bond acceptors (Lipinski definition) is 4. The molecule has 8 heteroatoms. The zero-order chi connectivity index (χ0) is 24.6. The average Bonchev–Trinajstić information content (AvgIpc) is 3.18. The molecule has 35 heavy (non-hydrogen) atoms. The van der Waals surface area contributed by atoms with Crippen LogP contribution in [0.3, 0.4) is 0 Å². The van der Waals surface area contributed by atoms with Gasteiger partial charge in [-0.15, -0.1) is 0 Å². The standard InChI is InChI=1S/C27H34F3N5/c1-19-7-6-14-31-25(19)23-10-5-11-24(33(23)2)26-32-21-8-3-4-9-22(21)35(26)17-20-12-15-34(16-13-20)18-27(28,29)30/h3-4,6-9,14,20,23-24H,5,10-13,15-18H2,1-2H3/t23-,24+/m0/s1. The fraction of sp³-hybridized carbons (Fsp3) is 0.556. The molecule has 0 bridgehead atoms. The van der Waals surface area contributed by atoms with Gasteiger partial charge < -0.3 is 4.57 Å². The van der Waals surface area contributed by atoms with Crippen molar-refractivity contribution in [2.24, 2.45) is 5.92 Å². The monoisotopic (exact) mass is 485 g/mol. The van der Waals surface area contributed by atoms with Crippen LogP contribution >= 0.6 is 0 Å². The third kappa shape index (κ3) is 5.23. The normalized spacial score (nSPS) is 23.2.